The summed E-state index contributed by atoms with van der Waals surface area (Å²) in [6.45, 7) is 2.96. The molecule has 0 saturated carbocycles. The molecule has 2 fully saturated rings. The molecular weight excluding hydrogens is 389 g/mol. The summed E-state index contributed by atoms with van der Waals surface area (Å²) in [6, 6.07) is 11.1. The number of nitrogens with one attached hydrogen (secondary N) is 1. The van der Waals surface area contributed by atoms with Crippen LogP contribution in [0.25, 0.3) is 0 Å². The zero-order chi connectivity index (χ0) is 21.3. The van der Waals surface area contributed by atoms with Gasteiger partial charge in [-0.25, -0.2) is 9.29 Å². The Kier molecular flexibility index (Phi) is 5.59. The van der Waals surface area contributed by atoms with Gasteiger partial charge in [0.2, 0.25) is 5.91 Å². The minimum absolute atomic E-state index is 0.183. The Morgan fingerprint density at radius 1 is 0.933 bits per heavy atom. The Labute approximate surface area is 174 Å². The number of rotatable bonds is 5. The maximum Gasteiger partial charge on any atom is 0.292 e. The number of carbonyl (C=O) groups is 2. The lowest BCUT2D eigenvalue weighted by atomic mass is 10.1. The lowest BCUT2D eigenvalue weighted by Crippen LogP contribution is -3.19. The third kappa shape index (κ3) is 3.70. The molecule has 1 N–H and O–H groups in total. The van der Waals surface area contributed by atoms with E-state index in [0.717, 1.165) is 36.8 Å². The summed E-state index contributed by atoms with van der Waals surface area (Å²) in [7, 11) is 3.05. The van der Waals surface area contributed by atoms with E-state index in [4.69, 9.17) is 9.47 Å². The number of ether oxygens (including phenoxy) is 2. The topological polar surface area (TPSA) is 63.5 Å². The van der Waals surface area contributed by atoms with Crippen molar-refractivity contribution < 1.29 is 28.4 Å². The van der Waals surface area contributed by atoms with Gasteiger partial charge in [0, 0.05) is 11.8 Å². The fraction of sp³-hybridized carbons (Fsp3) is 0.364. The van der Waals surface area contributed by atoms with E-state index in [-0.39, 0.29) is 30.1 Å². The molecule has 8 heteroatoms. The second-order valence-electron chi connectivity index (χ2n) is 7.49. The average Bonchev–Trinajstić information content (AvgIpc) is 3.07. The Morgan fingerprint density at radius 3 is 2.20 bits per heavy atom. The monoisotopic (exact) mass is 414 g/mol. The Bertz CT molecular complexity index is 942. The first-order valence-electron chi connectivity index (χ1n) is 9.95. The summed E-state index contributed by atoms with van der Waals surface area (Å²) in [5, 5.41) is 0. The van der Waals surface area contributed by atoms with Crippen molar-refractivity contribution >= 4 is 23.2 Å². The number of carbonyl (C=O) groups excluding carboxylic acids is 2. The molecule has 30 heavy (non-hydrogen) atoms. The minimum Gasteiger partial charge on any atom is -0.493 e. The molecule has 2 aromatic carbocycles. The van der Waals surface area contributed by atoms with Crippen LogP contribution in [0.2, 0.25) is 0 Å². The van der Waals surface area contributed by atoms with Crippen molar-refractivity contribution in [2.75, 3.05) is 50.2 Å². The van der Waals surface area contributed by atoms with Gasteiger partial charge < -0.3 is 19.3 Å². The highest BCUT2D eigenvalue weighted by Gasteiger charge is 2.46. The lowest BCUT2D eigenvalue weighted by molar-refractivity contribution is -0.915. The number of benzene rings is 2. The van der Waals surface area contributed by atoms with E-state index in [1.807, 2.05) is 0 Å². The first kappa shape index (κ1) is 20.2. The number of anilines is 2. The van der Waals surface area contributed by atoms with Crippen molar-refractivity contribution in [1.82, 2.24) is 0 Å². The highest BCUT2D eigenvalue weighted by atomic mass is 19.1. The minimum atomic E-state index is -0.388. The second kappa shape index (κ2) is 8.31. The first-order chi connectivity index (χ1) is 14.5. The number of amides is 2. The quantitative estimate of drug-likeness (QED) is 0.736. The summed E-state index contributed by atoms with van der Waals surface area (Å²) >= 11 is 0. The van der Waals surface area contributed by atoms with Crippen LogP contribution < -0.4 is 24.2 Å². The second-order valence-corrected chi connectivity index (χ2v) is 7.49. The number of hydrogen-bond acceptors (Lipinski definition) is 5. The van der Waals surface area contributed by atoms with Gasteiger partial charge >= 0.3 is 0 Å². The van der Waals surface area contributed by atoms with Gasteiger partial charge in [-0.2, -0.15) is 0 Å². The van der Waals surface area contributed by atoms with Crippen molar-refractivity contribution in [2.45, 2.75) is 12.5 Å². The zero-order valence-electron chi connectivity index (χ0n) is 17.1. The van der Waals surface area contributed by atoms with Crippen LogP contribution in [0.15, 0.2) is 42.5 Å². The van der Waals surface area contributed by atoms with E-state index in [0.29, 0.717) is 17.2 Å². The van der Waals surface area contributed by atoms with E-state index in [9.17, 15) is 14.0 Å². The summed E-state index contributed by atoms with van der Waals surface area (Å²) in [4.78, 5) is 30.3. The fourth-order valence-electron chi connectivity index (χ4n) is 4.24. The van der Waals surface area contributed by atoms with Gasteiger partial charge in [0.25, 0.3) is 5.91 Å². The van der Waals surface area contributed by atoms with Gasteiger partial charge in [-0.1, -0.05) is 0 Å². The van der Waals surface area contributed by atoms with E-state index >= 15 is 0 Å². The average molecular weight is 414 g/mol. The molecule has 0 spiro atoms. The molecule has 1 atom stereocenters. The normalized spacial score (nSPS) is 20.0. The van der Waals surface area contributed by atoms with Gasteiger partial charge in [0.05, 0.1) is 52.5 Å². The third-order valence-electron chi connectivity index (χ3n) is 5.86. The lowest BCUT2D eigenvalue weighted by Gasteiger charge is -2.35. The van der Waals surface area contributed by atoms with E-state index < -0.39 is 0 Å². The number of quaternary nitrogens is 1. The van der Waals surface area contributed by atoms with Crippen LogP contribution in [0.4, 0.5) is 15.8 Å². The molecule has 2 amide bonds. The van der Waals surface area contributed by atoms with Crippen molar-refractivity contribution in [3.05, 3.63) is 48.3 Å². The molecule has 2 aliphatic heterocycles. The van der Waals surface area contributed by atoms with E-state index in [1.54, 1.807) is 30.3 Å². The molecule has 7 nitrogen and oxygen atoms in total. The standard InChI is InChI=1S/C22H24FN3O4/c1-29-19-8-7-17(13-20(19)30-2)26-21(27)14-18(22(26)28)25-11-9-24(10-12-25)16-5-3-15(23)4-6-16/h3-8,13,18H,9-12,14H2,1-2H3/p+1/t18-/m1/s1. The molecule has 2 saturated heterocycles. The first-order valence-corrected chi connectivity index (χ1v) is 9.95. The number of imide groups is 1. The molecule has 158 valence electrons. The van der Waals surface area contributed by atoms with Crippen molar-refractivity contribution in [3.63, 3.8) is 0 Å². The summed E-state index contributed by atoms with van der Waals surface area (Å²) in [6.07, 6.45) is 0.194. The molecule has 0 bridgehead atoms. The number of methoxy groups -OCH3 is 2. The van der Waals surface area contributed by atoms with Gasteiger partial charge in [-0.05, 0) is 36.4 Å². The van der Waals surface area contributed by atoms with E-state index in [2.05, 4.69) is 4.90 Å². The van der Waals surface area contributed by atoms with Gasteiger partial charge in [-0.15, -0.1) is 0 Å². The predicted molar refractivity (Wildman–Crippen MR) is 110 cm³/mol. The van der Waals surface area contributed by atoms with Crippen molar-refractivity contribution in [3.8, 4) is 11.5 Å². The molecule has 0 unspecified atom stereocenters. The largest absolute Gasteiger partial charge is 0.493 e. The van der Waals surface area contributed by atoms with E-state index in [1.165, 1.54) is 31.3 Å². The molecule has 2 aliphatic rings. The summed E-state index contributed by atoms with van der Waals surface area (Å²) in [5.41, 5.74) is 1.46. The highest BCUT2D eigenvalue weighted by Crippen LogP contribution is 2.33. The SMILES string of the molecule is COc1ccc(N2C(=O)C[C@@H]([NH+]3CCN(c4ccc(F)cc4)CC3)C2=O)cc1OC. The molecule has 4 rings (SSSR count). The van der Waals surface area contributed by atoms with Crippen molar-refractivity contribution in [2.24, 2.45) is 0 Å². The van der Waals surface area contributed by atoms with Gasteiger partial charge in [-0.3, -0.25) is 9.59 Å². The summed E-state index contributed by atoms with van der Waals surface area (Å²) in [5.74, 6) is 0.371. The number of piperazine rings is 1. The zero-order valence-corrected chi connectivity index (χ0v) is 17.1. The van der Waals surface area contributed by atoms with Crippen LogP contribution in [0.1, 0.15) is 6.42 Å². The van der Waals surface area contributed by atoms with Crippen LogP contribution >= 0.6 is 0 Å². The molecule has 2 heterocycles. The number of nitrogens with zero attached hydrogens (tertiary/aromatic N) is 2. The molecule has 0 radical (unpaired) electrons. The molecule has 0 aliphatic carbocycles. The van der Waals surface area contributed by atoms with Gasteiger partial charge in [0.1, 0.15) is 5.82 Å². The third-order valence-corrected chi connectivity index (χ3v) is 5.86. The Balaban J connectivity index is 1.45. The number of halogens is 1. The smallest absolute Gasteiger partial charge is 0.292 e. The predicted octanol–water partition coefficient (Wildman–Crippen LogP) is 0.880. The molecule has 0 aromatic heterocycles. The van der Waals surface area contributed by atoms with Crippen LogP contribution in [0.3, 0.4) is 0 Å². The summed E-state index contributed by atoms with van der Waals surface area (Å²) < 4.78 is 23.7. The maximum atomic E-state index is 13.2. The highest BCUT2D eigenvalue weighted by molar-refractivity contribution is 6.22. The molecule has 2 aromatic rings. The van der Waals surface area contributed by atoms with Crippen LogP contribution in [-0.2, 0) is 9.59 Å². The van der Waals surface area contributed by atoms with Crippen LogP contribution in [0.5, 0.6) is 11.5 Å². The van der Waals surface area contributed by atoms with Crippen molar-refractivity contribution in [1.29, 1.82) is 0 Å². The molecular formula is C22H25FN3O4+. The van der Waals surface area contributed by atoms with Gasteiger partial charge in [0.15, 0.2) is 17.5 Å². The van der Waals surface area contributed by atoms with Crippen LogP contribution in [0, 0.1) is 5.82 Å². The Hall–Kier alpha value is -3.13. The number of hydrogen-bond donors (Lipinski definition) is 1. The Morgan fingerprint density at radius 2 is 1.57 bits per heavy atom. The van der Waals surface area contributed by atoms with Crippen LogP contribution in [-0.4, -0.2) is 58.3 Å². The maximum absolute atomic E-state index is 13.2. The fourth-order valence-corrected chi connectivity index (χ4v) is 4.24.